The Kier molecular flexibility index (Phi) is 6.74. The van der Waals surface area contributed by atoms with Gasteiger partial charge in [-0.05, 0) is 62.1 Å². The maximum absolute atomic E-state index is 13.3. The first kappa shape index (κ1) is 23.3. The van der Waals surface area contributed by atoms with E-state index in [-0.39, 0.29) is 24.3 Å². The van der Waals surface area contributed by atoms with Crippen LogP contribution in [-0.2, 0) is 14.3 Å². The van der Waals surface area contributed by atoms with Crippen LogP contribution in [0.2, 0.25) is 0 Å². The fourth-order valence-electron chi connectivity index (χ4n) is 5.42. The number of carboxylic acid groups (broad SMARTS) is 1. The number of esters is 1. The quantitative estimate of drug-likeness (QED) is 0.526. The zero-order chi connectivity index (χ0) is 23.7. The number of carbonyl (C=O) groups excluding carboxylic acids is 2. The number of benzene rings is 1. The topological polar surface area (TPSA) is 102 Å². The third-order valence-corrected chi connectivity index (χ3v) is 7.87. The molecule has 4 rings (SSSR count). The highest BCUT2D eigenvalue weighted by molar-refractivity contribution is 7.17. The van der Waals surface area contributed by atoms with Gasteiger partial charge in [-0.25, -0.2) is 4.79 Å². The van der Waals surface area contributed by atoms with Crippen molar-refractivity contribution in [2.45, 2.75) is 39.5 Å². The Morgan fingerprint density at radius 1 is 1.12 bits per heavy atom. The summed E-state index contributed by atoms with van der Waals surface area (Å²) in [5.74, 6) is -2.14. The zero-order valence-corrected chi connectivity index (χ0v) is 19.9. The summed E-state index contributed by atoms with van der Waals surface area (Å²) in [5.41, 5.74) is 1.85. The molecule has 8 heteroatoms. The van der Waals surface area contributed by atoms with E-state index in [9.17, 15) is 19.5 Å². The predicted molar refractivity (Wildman–Crippen MR) is 126 cm³/mol. The van der Waals surface area contributed by atoms with Crippen LogP contribution in [0.5, 0.6) is 5.75 Å². The standard InChI is InChI=1S/C25H29NO6S/c1-4-11-32-25(30)21-18(14-7-9-17(31-3)10-8-14)13(2)33-23(21)26-22(27)19-15-5-6-16(12-15)20(19)24(28)29/h7-10,15-16,19-20H,4-6,11-12H2,1-3H3,(H,26,27)(H,28,29)/t15-,16+,19+,20+/m1/s1. The van der Waals surface area contributed by atoms with Crippen molar-refractivity contribution in [2.75, 3.05) is 19.0 Å². The van der Waals surface area contributed by atoms with Crippen LogP contribution in [0.15, 0.2) is 24.3 Å². The average Bonchev–Trinajstić information content (AvgIpc) is 3.50. The normalized spacial score (nSPS) is 23.4. The van der Waals surface area contributed by atoms with Gasteiger partial charge in [0.2, 0.25) is 5.91 Å². The lowest BCUT2D eigenvalue weighted by Crippen LogP contribution is -2.38. The fourth-order valence-corrected chi connectivity index (χ4v) is 6.49. The first-order chi connectivity index (χ1) is 15.8. The van der Waals surface area contributed by atoms with Crippen LogP contribution >= 0.6 is 11.3 Å². The number of anilines is 1. The number of rotatable bonds is 8. The van der Waals surface area contributed by atoms with Crippen molar-refractivity contribution in [2.24, 2.45) is 23.7 Å². The first-order valence-electron chi connectivity index (χ1n) is 11.3. The number of carboxylic acids is 1. The number of hydrogen-bond donors (Lipinski definition) is 2. The Morgan fingerprint density at radius 3 is 2.39 bits per heavy atom. The molecule has 1 heterocycles. The Balaban J connectivity index is 1.69. The Labute approximate surface area is 197 Å². The molecular weight excluding hydrogens is 442 g/mol. The van der Waals surface area contributed by atoms with E-state index in [1.165, 1.54) is 11.3 Å². The summed E-state index contributed by atoms with van der Waals surface area (Å²) in [6, 6.07) is 7.37. The van der Waals surface area contributed by atoms with Gasteiger partial charge >= 0.3 is 11.9 Å². The number of aliphatic carboxylic acids is 1. The maximum atomic E-state index is 13.3. The Bertz CT molecular complexity index is 1060. The third-order valence-electron chi connectivity index (χ3n) is 6.85. The maximum Gasteiger partial charge on any atom is 0.341 e. The van der Waals surface area contributed by atoms with Crippen LogP contribution in [0.1, 0.15) is 47.8 Å². The minimum Gasteiger partial charge on any atom is -0.497 e. The van der Waals surface area contributed by atoms with Crippen molar-refractivity contribution in [1.29, 1.82) is 0 Å². The SMILES string of the molecule is CCCOC(=O)c1c(NC(=O)[C@H]2[C@@H]3CC[C@@H](C3)[C@@H]2C(=O)O)sc(C)c1-c1ccc(OC)cc1. The van der Waals surface area contributed by atoms with E-state index >= 15 is 0 Å². The van der Waals surface area contributed by atoms with Gasteiger partial charge in [-0.1, -0.05) is 19.1 Å². The number of aryl methyl sites for hydroxylation is 1. The Morgan fingerprint density at radius 2 is 1.79 bits per heavy atom. The van der Waals surface area contributed by atoms with Gasteiger partial charge < -0.3 is 19.9 Å². The van der Waals surface area contributed by atoms with Gasteiger partial charge in [0.25, 0.3) is 0 Å². The number of fused-ring (bicyclic) bond motifs is 2. The number of hydrogen-bond acceptors (Lipinski definition) is 6. The summed E-state index contributed by atoms with van der Waals surface area (Å²) in [7, 11) is 1.59. The van der Waals surface area contributed by atoms with Crippen molar-refractivity contribution in [1.82, 2.24) is 0 Å². The highest BCUT2D eigenvalue weighted by atomic mass is 32.1. The van der Waals surface area contributed by atoms with Gasteiger partial charge in [0.1, 0.15) is 16.3 Å². The molecule has 0 unspecified atom stereocenters. The second kappa shape index (κ2) is 9.55. The average molecular weight is 472 g/mol. The van der Waals surface area contributed by atoms with E-state index in [1.807, 2.05) is 38.1 Å². The molecule has 176 valence electrons. The fraction of sp³-hybridized carbons (Fsp3) is 0.480. The van der Waals surface area contributed by atoms with E-state index < -0.39 is 23.8 Å². The summed E-state index contributed by atoms with van der Waals surface area (Å²) < 4.78 is 10.7. The van der Waals surface area contributed by atoms with Crippen molar-refractivity contribution < 1.29 is 29.0 Å². The molecule has 0 aliphatic heterocycles. The molecule has 1 amide bonds. The van der Waals surface area contributed by atoms with Crippen molar-refractivity contribution >= 4 is 34.2 Å². The van der Waals surface area contributed by atoms with Crippen molar-refractivity contribution in [3.63, 3.8) is 0 Å². The monoisotopic (exact) mass is 471 g/mol. The van der Waals surface area contributed by atoms with E-state index in [0.717, 1.165) is 29.7 Å². The third kappa shape index (κ3) is 4.36. The van der Waals surface area contributed by atoms with Crippen LogP contribution in [0.3, 0.4) is 0 Å². The van der Waals surface area contributed by atoms with Gasteiger partial charge in [-0.2, -0.15) is 0 Å². The number of thiophene rings is 1. The molecular formula is C25H29NO6S. The van der Waals surface area contributed by atoms with Crippen LogP contribution in [0.25, 0.3) is 11.1 Å². The van der Waals surface area contributed by atoms with Crippen LogP contribution in [0, 0.1) is 30.6 Å². The van der Waals surface area contributed by atoms with Gasteiger partial charge in [-0.15, -0.1) is 11.3 Å². The molecule has 2 aromatic rings. The van der Waals surface area contributed by atoms with Gasteiger partial charge in [0.15, 0.2) is 0 Å². The molecule has 2 saturated carbocycles. The summed E-state index contributed by atoms with van der Waals surface area (Å²) in [4.78, 5) is 39.1. The lowest BCUT2D eigenvalue weighted by Gasteiger charge is -2.27. The lowest BCUT2D eigenvalue weighted by molar-refractivity contribution is -0.148. The van der Waals surface area contributed by atoms with Crippen molar-refractivity contribution in [3.8, 4) is 16.9 Å². The number of carbonyl (C=O) groups is 3. The van der Waals surface area contributed by atoms with Gasteiger partial charge in [0.05, 0.1) is 25.6 Å². The summed E-state index contributed by atoms with van der Waals surface area (Å²) in [6.45, 7) is 4.09. The molecule has 1 aromatic carbocycles. The zero-order valence-electron chi connectivity index (χ0n) is 19.1. The summed E-state index contributed by atoms with van der Waals surface area (Å²) in [6.07, 6.45) is 3.19. The predicted octanol–water partition coefficient (Wildman–Crippen LogP) is 4.98. The minimum atomic E-state index is -0.911. The largest absolute Gasteiger partial charge is 0.497 e. The lowest BCUT2D eigenvalue weighted by atomic mass is 9.78. The molecule has 2 aliphatic carbocycles. The molecule has 0 spiro atoms. The Hall–Kier alpha value is -2.87. The summed E-state index contributed by atoms with van der Waals surface area (Å²) >= 11 is 1.31. The second-order valence-corrected chi connectivity index (χ2v) is 10.0. The molecule has 2 bridgehead atoms. The second-order valence-electron chi connectivity index (χ2n) is 8.81. The molecule has 33 heavy (non-hydrogen) atoms. The van der Waals surface area contributed by atoms with E-state index in [0.29, 0.717) is 28.3 Å². The van der Waals surface area contributed by atoms with Crippen molar-refractivity contribution in [3.05, 3.63) is 34.7 Å². The molecule has 2 N–H and O–H groups in total. The number of nitrogens with one attached hydrogen (secondary N) is 1. The molecule has 0 radical (unpaired) electrons. The van der Waals surface area contributed by atoms with Crippen LogP contribution in [-0.4, -0.2) is 36.7 Å². The molecule has 4 atom stereocenters. The van der Waals surface area contributed by atoms with Crippen LogP contribution in [0.4, 0.5) is 5.00 Å². The highest BCUT2D eigenvalue weighted by Gasteiger charge is 2.54. The summed E-state index contributed by atoms with van der Waals surface area (Å²) in [5, 5.41) is 13.1. The minimum absolute atomic E-state index is 0.0529. The number of ether oxygens (including phenoxy) is 2. The van der Waals surface area contributed by atoms with E-state index in [1.54, 1.807) is 7.11 Å². The highest BCUT2D eigenvalue weighted by Crippen LogP contribution is 2.53. The smallest absolute Gasteiger partial charge is 0.341 e. The van der Waals surface area contributed by atoms with E-state index in [2.05, 4.69) is 5.32 Å². The molecule has 2 fully saturated rings. The van der Waals surface area contributed by atoms with Crippen LogP contribution < -0.4 is 10.1 Å². The van der Waals surface area contributed by atoms with E-state index in [4.69, 9.17) is 9.47 Å². The molecule has 2 aliphatic rings. The first-order valence-corrected chi connectivity index (χ1v) is 12.2. The molecule has 0 saturated heterocycles. The van der Waals surface area contributed by atoms with Gasteiger partial charge in [-0.3, -0.25) is 9.59 Å². The molecule has 7 nitrogen and oxygen atoms in total. The molecule has 1 aromatic heterocycles. The number of amides is 1. The number of methoxy groups -OCH3 is 1. The van der Waals surface area contributed by atoms with Gasteiger partial charge in [0, 0.05) is 10.4 Å².